The van der Waals surface area contributed by atoms with Gasteiger partial charge in [0.15, 0.2) is 0 Å². The van der Waals surface area contributed by atoms with Crippen LogP contribution in [-0.4, -0.2) is 33.3 Å². The lowest BCUT2D eigenvalue weighted by Crippen LogP contribution is -2.29. The molecule has 0 unspecified atom stereocenters. The second-order valence-corrected chi connectivity index (χ2v) is 5.72. The number of sulfonamides is 1. The van der Waals surface area contributed by atoms with Crippen LogP contribution in [0.25, 0.3) is 0 Å². The molecule has 1 aliphatic carbocycles. The molecule has 0 radical (unpaired) electrons. The highest BCUT2D eigenvalue weighted by Gasteiger charge is 2.19. The molecule has 0 aromatic carbocycles. The van der Waals surface area contributed by atoms with Crippen LogP contribution in [0.3, 0.4) is 0 Å². The Morgan fingerprint density at radius 3 is 2.57 bits per heavy atom. The first kappa shape index (κ1) is 11.9. The average Bonchev–Trinajstić information content (AvgIpc) is 2.87. The second-order valence-electron chi connectivity index (χ2n) is 3.80. The van der Waals surface area contributed by atoms with Gasteiger partial charge in [-0.2, -0.15) is 0 Å². The van der Waals surface area contributed by atoms with E-state index in [-0.39, 0.29) is 5.75 Å². The molecule has 0 spiro atoms. The maximum Gasteiger partial charge on any atom is 0.211 e. The molecule has 0 heterocycles. The lowest BCUT2D eigenvalue weighted by molar-refractivity contribution is 0.572. The highest BCUT2D eigenvalue weighted by molar-refractivity contribution is 7.89. The van der Waals surface area contributed by atoms with E-state index >= 15 is 0 Å². The lowest BCUT2D eigenvalue weighted by atomic mass is 10.4. The third-order valence-corrected chi connectivity index (χ3v) is 3.75. The topological polar surface area (TPSA) is 58.2 Å². The van der Waals surface area contributed by atoms with E-state index in [0.717, 1.165) is 13.0 Å². The van der Waals surface area contributed by atoms with Crippen molar-refractivity contribution >= 4 is 10.0 Å². The van der Waals surface area contributed by atoms with E-state index in [4.69, 9.17) is 0 Å². The Labute approximate surface area is 86.5 Å². The molecule has 2 N–H and O–H groups in total. The van der Waals surface area contributed by atoms with Crippen LogP contribution in [0, 0.1) is 0 Å². The molecule has 1 saturated carbocycles. The summed E-state index contributed by atoms with van der Waals surface area (Å²) in [5.41, 5.74) is 0. The fourth-order valence-electron chi connectivity index (χ4n) is 1.25. The maximum atomic E-state index is 11.2. The Kier molecular flexibility index (Phi) is 4.84. The van der Waals surface area contributed by atoms with E-state index in [0.29, 0.717) is 19.0 Å². The van der Waals surface area contributed by atoms with Gasteiger partial charge in [0, 0.05) is 12.6 Å². The van der Waals surface area contributed by atoms with Gasteiger partial charge < -0.3 is 5.32 Å². The lowest BCUT2D eigenvalue weighted by Gasteiger charge is -2.05. The van der Waals surface area contributed by atoms with Crippen LogP contribution in [0.5, 0.6) is 0 Å². The first-order valence-corrected chi connectivity index (χ1v) is 7.00. The Morgan fingerprint density at radius 2 is 2.00 bits per heavy atom. The molecular weight excluding hydrogens is 200 g/mol. The Hall–Kier alpha value is -0.130. The quantitative estimate of drug-likeness (QED) is 0.584. The maximum absolute atomic E-state index is 11.2. The fourth-order valence-corrected chi connectivity index (χ4v) is 2.39. The third-order valence-electron chi connectivity index (χ3n) is 2.16. The summed E-state index contributed by atoms with van der Waals surface area (Å²) in [6.45, 7) is 3.34. The molecule has 0 atom stereocenters. The van der Waals surface area contributed by atoms with Crippen LogP contribution in [0.1, 0.15) is 32.6 Å². The van der Waals surface area contributed by atoms with Crippen molar-refractivity contribution in [2.75, 3.05) is 18.8 Å². The molecule has 0 aromatic rings. The predicted octanol–water partition coefficient (Wildman–Crippen LogP) is 0.458. The Bertz CT molecular complexity index is 248. The number of hydrogen-bond acceptors (Lipinski definition) is 3. The van der Waals surface area contributed by atoms with E-state index in [9.17, 15) is 8.42 Å². The van der Waals surface area contributed by atoms with Gasteiger partial charge >= 0.3 is 0 Å². The summed E-state index contributed by atoms with van der Waals surface area (Å²) < 4.78 is 25.0. The number of hydrogen-bond donors (Lipinski definition) is 2. The Morgan fingerprint density at radius 1 is 1.29 bits per heavy atom. The smallest absolute Gasteiger partial charge is 0.211 e. The van der Waals surface area contributed by atoms with Crippen molar-refractivity contribution in [2.45, 2.75) is 38.6 Å². The molecule has 0 bridgehead atoms. The second kappa shape index (κ2) is 5.68. The average molecular weight is 220 g/mol. The van der Waals surface area contributed by atoms with Crippen molar-refractivity contribution in [2.24, 2.45) is 0 Å². The van der Waals surface area contributed by atoms with E-state index in [1.807, 2.05) is 6.92 Å². The third kappa shape index (κ3) is 5.57. The molecule has 0 aromatic heterocycles. The zero-order chi connectivity index (χ0) is 10.4. The van der Waals surface area contributed by atoms with Gasteiger partial charge in [0.25, 0.3) is 0 Å². The van der Waals surface area contributed by atoms with Gasteiger partial charge in [0.1, 0.15) is 0 Å². The Balaban J connectivity index is 1.96. The van der Waals surface area contributed by atoms with Crippen molar-refractivity contribution in [3.05, 3.63) is 0 Å². The molecular formula is C9H20N2O2S. The van der Waals surface area contributed by atoms with Crippen LogP contribution in [-0.2, 0) is 10.0 Å². The molecule has 0 aliphatic heterocycles. The van der Waals surface area contributed by atoms with E-state index in [1.165, 1.54) is 12.8 Å². The van der Waals surface area contributed by atoms with E-state index in [1.54, 1.807) is 0 Å². The summed E-state index contributed by atoms with van der Waals surface area (Å²) in [5, 5.41) is 3.34. The zero-order valence-corrected chi connectivity index (χ0v) is 9.57. The number of rotatable bonds is 8. The minimum Gasteiger partial charge on any atom is -0.314 e. The molecule has 0 amide bonds. The van der Waals surface area contributed by atoms with Crippen LogP contribution in [0.4, 0.5) is 0 Å². The standard InChI is InChI=1S/C9H20N2O2S/c1-2-8-14(12,13)11-7-3-6-10-9-4-5-9/h9-11H,2-8H2,1H3. The predicted molar refractivity (Wildman–Crippen MR) is 57.7 cm³/mol. The summed E-state index contributed by atoms with van der Waals surface area (Å²) in [5.74, 6) is 0.239. The summed E-state index contributed by atoms with van der Waals surface area (Å²) in [7, 11) is -2.99. The highest BCUT2D eigenvalue weighted by atomic mass is 32.2. The van der Waals surface area contributed by atoms with Gasteiger partial charge in [0.2, 0.25) is 10.0 Å². The molecule has 1 rings (SSSR count). The first-order chi connectivity index (χ1) is 6.64. The molecule has 5 heteroatoms. The molecule has 1 aliphatic rings. The summed E-state index contributed by atoms with van der Waals surface area (Å²) >= 11 is 0. The van der Waals surface area contributed by atoms with Crippen molar-refractivity contribution < 1.29 is 8.42 Å². The largest absolute Gasteiger partial charge is 0.314 e. The minimum atomic E-state index is -2.99. The fraction of sp³-hybridized carbons (Fsp3) is 1.00. The number of nitrogens with one attached hydrogen (secondary N) is 2. The van der Waals surface area contributed by atoms with Crippen molar-refractivity contribution in [1.82, 2.24) is 10.0 Å². The van der Waals surface area contributed by atoms with E-state index in [2.05, 4.69) is 10.0 Å². The van der Waals surface area contributed by atoms with Crippen LogP contribution < -0.4 is 10.0 Å². The van der Waals surface area contributed by atoms with Gasteiger partial charge in [-0.25, -0.2) is 13.1 Å². The van der Waals surface area contributed by atoms with Crippen LogP contribution in [0.15, 0.2) is 0 Å². The molecule has 14 heavy (non-hydrogen) atoms. The normalized spacial score (nSPS) is 17.2. The van der Waals surface area contributed by atoms with Gasteiger partial charge in [0.05, 0.1) is 5.75 Å². The molecule has 84 valence electrons. The van der Waals surface area contributed by atoms with Crippen molar-refractivity contribution in [3.63, 3.8) is 0 Å². The van der Waals surface area contributed by atoms with Gasteiger partial charge in [-0.1, -0.05) is 6.92 Å². The van der Waals surface area contributed by atoms with Gasteiger partial charge in [-0.05, 0) is 32.2 Å². The summed E-state index contributed by atoms with van der Waals surface area (Å²) in [6.07, 6.45) is 4.11. The molecule has 1 fully saturated rings. The van der Waals surface area contributed by atoms with Gasteiger partial charge in [-0.15, -0.1) is 0 Å². The zero-order valence-electron chi connectivity index (χ0n) is 8.75. The molecule has 0 saturated heterocycles. The van der Waals surface area contributed by atoms with Gasteiger partial charge in [-0.3, -0.25) is 0 Å². The van der Waals surface area contributed by atoms with Crippen molar-refractivity contribution in [1.29, 1.82) is 0 Å². The molecule has 4 nitrogen and oxygen atoms in total. The van der Waals surface area contributed by atoms with Crippen LogP contribution in [0.2, 0.25) is 0 Å². The monoisotopic (exact) mass is 220 g/mol. The first-order valence-electron chi connectivity index (χ1n) is 5.35. The van der Waals surface area contributed by atoms with Crippen molar-refractivity contribution in [3.8, 4) is 0 Å². The summed E-state index contributed by atoms with van der Waals surface area (Å²) in [6, 6.07) is 0.710. The minimum absolute atomic E-state index is 0.239. The SMILES string of the molecule is CCCS(=O)(=O)NCCCNC1CC1. The van der Waals surface area contributed by atoms with E-state index < -0.39 is 10.0 Å². The van der Waals surface area contributed by atoms with Crippen LogP contribution >= 0.6 is 0 Å². The highest BCUT2D eigenvalue weighted by Crippen LogP contribution is 2.18. The summed E-state index contributed by atoms with van der Waals surface area (Å²) in [4.78, 5) is 0.